The predicted molar refractivity (Wildman–Crippen MR) is 129 cm³/mol. The number of hydrogen-bond acceptors (Lipinski definition) is 6. The van der Waals surface area contributed by atoms with Crippen LogP contribution in [0.4, 0.5) is 0 Å². The highest BCUT2D eigenvalue weighted by atomic mass is 32.2. The number of para-hydroxylation sites is 1. The second-order valence-electron chi connectivity index (χ2n) is 7.11. The number of thioether (sulfide) groups is 2. The Morgan fingerprint density at radius 1 is 0.875 bits per heavy atom. The number of ether oxygens (including phenoxy) is 1. The van der Waals surface area contributed by atoms with Gasteiger partial charge in [0, 0.05) is 10.6 Å². The van der Waals surface area contributed by atoms with Gasteiger partial charge < -0.3 is 4.74 Å². The largest absolute Gasteiger partial charge is 0.460 e. The summed E-state index contributed by atoms with van der Waals surface area (Å²) in [5, 5.41) is 9.45. The quantitative estimate of drug-likeness (QED) is 0.235. The van der Waals surface area contributed by atoms with Crippen molar-refractivity contribution in [2.75, 3.05) is 5.75 Å². The molecule has 0 spiro atoms. The minimum Gasteiger partial charge on any atom is -0.460 e. The molecule has 1 heterocycles. The molecule has 162 valence electrons. The van der Waals surface area contributed by atoms with Crippen LogP contribution in [0.2, 0.25) is 0 Å². The molecule has 4 rings (SSSR count). The molecule has 0 amide bonds. The van der Waals surface area contributed by atoms with Gasteiger partial charge in [0.25, 0.3) is 0 Å². The zero-order valence-corrected chi connectivity index (χ0v) is 19.3. The Balaban J connectivity index is 1.44. The molecule has 7 heteroatoms. The number of nitrogens with zero attached hydrogens (tertiary/aromatic N) is 3. The van der Waals surface area contributed by atoms with Crippen LogP contribution in [0.3, 0.4) is 0 Å². The first-order chi connectivity index (χ1) is 15.7. The molecule has 0 radical (unpaired) electrons. The van der Waals surface area contributed by atoms with Gasteiger partial charge in [0.1, 0.15) is 12.4 Å². The van der Waals surface area contributed by atoms with Crippen LogP contribution in [0.1, 0.15) is 17.0 Å². The number of benzene rings is 3. The first-order valence-corrected chi connectivity index (χ1v) is 12.2. The molecule has 32 heavy (non-hydrogen) atoms. The molecule has 0 aliphatic carbocycles. The lowest BCUT2D eigenvalue weighted by molar-refractivity contribution is -0.141. The van der Waals surface area contributed by atoms with Crippen molar-refractivity contribution in [3.05, 3.63) is 102 Å². The standard InChI is InChI=1S/C25H23N3O2S2/c1-19-12-14-22(15-13-19)31-17-23-26-27-25(28(23)21-10-6-3-7-11-21)32-18-24(29)30-16-20-8-4-2-5-9-20/h2-15H,16-18H2,1H3. The van der Waals surface area contributed by atoms with E-state index in [4.69, 9.17) is 4.74 Å². The molecule has 5 nitrogen and oxygen atoms in total. The summed E-state index contributed by atoms with van der Waals surface area (Å²) in [6, 6.07) is 28.1. The molecule has 0 fully saturated rings. The zero-order valence-electron chi connectivity index (χ0n) is 17.7. The van der Waals surface area contributed by atoms with Crippen LogP contribution in [0.25, 0.3) is 5.69 Å². The lowest BCUT2D eigenvalue weighted by atomic mass is 10.2. The monoisotopic (exact) mass is 461 g/mol. The smallest absolute Gasteiger partial charge is 0.316 e. The highest BCUT2D eigenvalue weighted by molar-refractivity contribution is 7.99. The van der Waals surface area contributed by atoms with Gasteiger partial charge in [-0.1, -0.05) is 78.0 Å². The Labute approximate surface area is 196 Å². The molecular formula is C25H23N3O2S2. The fraction of sp³-hybridized carbons (Fsp3) is 0.160. The summed E-state index contributed by atoms with van der Waals surface area (Å²) in [4.78, 5) is 13.5. The maximum Gasteiger partial charge on any atom is 0.316 e. The first-order valence-electron chi connectivity index (χ1n) is 10.2. The fourth-order valence-corrected chi connectivity index (χ4v) is 4.59. The van der Waals surface area contributed by atoms with E-state index in [9.17, 15) is 4.79 Å². The summed E-state index contributed by atoms with van der Waals surface area (Å²) in [6.07, 6.45) is 0. The Morgan fingerprint density at radius 3 is 2.28 bits per heavy atom. The number of carbonyl (C=O) groups excluding carboxylic acids is 1. The van der Waals surface area contributed by atoms with Crippen molar-refractivity contribution >= 4 is 29.5 Å². The molecule has 0 unspecified atom stereocenters. The van der Waals surface area contributed by atoms with Gasteiger partial charge in [-0.25, -0.2) is 0 Å². The van der Waals surface area contributed by atoms with Gasteiger partial charge in [-0.05, 0) is 36.8 Å². The number of esters is 1. The van der Waals surface area contributed by atoms with Crippen LogP contribution in [0, 0.1) is 6.92 Å². The third-order valence-corrected chi connectivity index (χ3v) is 6.58. The van der Waals surface area contributed by atoms with Crippen LogP contribution in [0.15, 0.2) is 95.0 Å². The summed E-state index contributed by atoms with van der Waals surface area (Å²) in [7, 11) is 0. The van der Waals surface area contributed by atoms with Gasteiger partial charge in [0.05, 0.1) is 11.5 Å². The number of aromatic nitrogens is 3. The van der Waals surface area contributed by atoms with Crippen molar-refractivity contribution in [3.63, 3.8) is 0 Å². The molecule has 0 aliphatic heterocycles. The summed E-state index contributed by atoms with van der Waals surface area (Å²) >= 11 is 3.05. The summed E-state index contributed by atoms with van der Waals surface area (Å²) in [6.45, 7) is 2.35. The van der Waals surface area contributed by atoms with E-state index in [2.05, 4.69) is 41.4 Å². The van der Waals surface area contributed by atoms with E-state index in [1.807, 2.05) is 65.2 Å². The molecule has 0 saturated heterocycles. The first kappa shape index (κ1) is 22.2. The van der Waals surface area contributed by atoms with E-state index in [0.29, 0.717) is 10.9 Å². The molecule has 0 aliphatic rings. The summed E-state index contributed by atoms with van der Waals surface area (Å²) in [5.41, 5.74) is 3.17. The van der Waals surface area contributed by atoms with Gasteiger partial charge in [0.15, 0.2) is 5.16 Å². The fourth-order valence-electron chi connectivity index (χ4n) is 3.01. The van der Waals surface area contributed by atoms with Crippen molar-refractivity contribution in [2.45, 2.75) is 29.3 Å². The summed E-state index contributed by atoms with van der Waals surface area (Å²) in [5.74, 6) is 1.39. The highest BCUT2D eigenvalue weighted by Gasteiger charge is 2.16. The van der Waals surface area contributed by atoms with Crippen molar-refractivity contribution in [1.29, 1.82) is 0 Å². The molecule has 3 aromatic carbocycles. The zero-order chi connectivity index (χ0) is 22.2. The lowest BCUT2D eigenvalue weighted by Crippen LogP contribution is -2.09. The third-order valence-electron chi connectivity index (χ3n) is 4.67. The van der Waals surface area contributed by atoms with Crippen molar-refractivity contribution in [2.24, 2.45) is 0 Å². The van der Waals surface area contributed by atoms with Crippen molar-refractivity contribution in [1.82, 2.24) is 14.8 Å². The van der Waals surface area contributed by atoms with Gasteiger partial charge in [-0.15, -0.1) is 22.0 Å². The number of carbonyl (C=O) groups is 1. The van der Waals surface area contributed by atoms with E-state index in [1.54, 1.807) is 11.8 Å². The van der Waals surface area contributed by atoms with E-state index in [1.165, 1.54) is 22.2 Å². The molecular weight excluding hydrogens is 438 g/mol. The molecule has 4 aromatic rings. The minimum atomic E-state index is -0.281. The maximum atomic E-state index is 12.3. The lowest BCUT2D eigenvalue weighted by Gasteiger charge is -2.10. The number of aryl methyl sites for hydroxylation is 1. The SMILES string of the molecule is Cc1ccc(SCc2nnc(SCC(=O)OCc3ccccc3)n2-c2ccccc2)cc1. The minimum absolute atomic E-state index is 0.170. The molecule has 0 atom stereocenters. The van der Waals surface area contributed by atoms with Gasteiger partial charge in [-0.2, -0.15) is 0 Å². The van der Waals surface area contributed by atoms with Crippen LogP contribution in [-0.4, -0.2) is 26.5 Å². The number of rotatable bonds is 9. The topological polar surface area (TPSA) is 57.0 Å². The van der Waals surface area contributed by atoms with Crippen molar-refractivity contribution in [3.8, 4) is 5.69 Å². The maximum absolute atomic E-state index is 12.3. The van der Waals surface area contributed by atoms with Crippen LogP contribution in [0.5, 0.6) is 0 Å². The molecule has 0 N–H and O–H groups in total. The van der Waals surface area contributed by atoms with Crippen LogP contribution >= 0.6 is 23.5 Å². The van der Waals surface area contributed by atoms with E-state index in [0.717, 1.165) is 17.1 Å². The normalized spacial score (nSPS) is 10.8. The third kappa shape index (κ3) is 6.02. The van der Waals surface area contributed by atoms with E-state index >= 15 is 0 Å². The van der Waals surface area contributed by atoms with Gasteiger partial charge in [-0.3, -0.25) is 9.36 Å². The Morgan fingerprint density at radius 2 is 1.56 bits per heavy atom. The van der Waals surface area contributed by atoms with Crippen LogP contribution < -0.4 is 0 Å². The average Bonchev–Trinajstić information content (AvgIpc) is 3.25. The molecule has 0 saturated carbocycles. The van der Waals surface area contributed by atoms with Gasteiger partial charge in [0.2, 0.25) is 0 Å². The number of hydrogen-bond donors (Lipinski definition) is 0. The molecule has 0 bridgehead atoms. The second-order valence-corrected chi connectivity index (χ2v) is 9.10. The van der Waals surface area contributed by atoms with Crippen molar-refractivity contribution < 1.29 is 9.53 Å². The second kappa shape index (κ2) is 11.0. The highest BCUT2D eigenvalue weighted by Crippen LogP contribution is 2.27. The van der Waals surface area contributed by atoms with E-state index < -0.39 is 0 Å². The Bertz CT molecular complexity index is 1150. The van der Waals surface area contributed by atoms with Gasteiger partial charge >= 0.3 is 5.97 Å². The summed E-state index contributed by atoms with van der Waals surface area (Å²) < 4.78 is 7.41. The predicted octanol–water partition coefficient (Wildman–Crippen LogP) is 5.70. The molecule has 1 aromatic heterocycles. The average molecular weight is 462 g/mol. The van der Waals surface area contributed by atoms with Crippen LogP contribution in [-0.2, 0) is 21.9 Å². The Kier molecular flexibility index (Phi) is 7.64. The van der Waals surface area contributed by atoms with E-state index in [-0.39, 0.29) is 18.3 Å². The Hall–Kier alpha value is -3.03.